The molecule has 2 aliphatic heterocycles. The van der Waals surface area contributed by atoms with Crippen LogP contribution in [-0.2, 0) is 9.53 Å². The van der Waals surface area contributed by atoms with Crippen molar-refractivity contribution in [3.05, 3.63) is 0 Å². The third-order valence-corrected chi connectivity index (χ3v) is 4.93. The number of urea groups is 1. The van der Waals surface area contributed by atoms with Crippen LogP contribution in [0.5, 0.6) is 0 Å². The fourth-order valence-corrected chi connectivity index (χ4v) is 3.75. The zero-order valence-corrected chi connectivity index (χ0v) is 12.1. The number of piperidine rings is 1. The molecule has 0 radical (unpaired) electrons. The van der Waals surface area contributed by atoms with E-state index in [1.807, 2.05) is 6.92 Å². The zero-order chi connectivity index (χ0) is 14.0. The summed E-state index contributed by atoms with van der Waals surface area (Å²) in [6.45, 7) is 3.11. The maximum atomic E-state index is 12.5. The van der Waals surface area contributed by atoms with E-state index >= 15 is 0 Å². The average molecular weight is 288 g/mol. The fourth-order valence-electron chi connectivity index (χ4n) is 2.59. The molecule has 0 aromatic heterocycles. The molecule has 0 aromatic carbocycles. The van der Waals surface area contributed by atoms with Gasteiger partial charge in [-0.3, -0.25) is 4.90 Å². The van der Waals surface area contributed by atoms with Gasteiger partial charge >= 0.3 is 12.0 Å². The van der Waals surface area contributed by atoms with Crippen molar-refractivity contribution in [2.75, 3.05) is 26.0 Å². The van der Waals surface area contributed by atoms with Crippen LogP contribution < -0.4 is 0 Å². The summed E-state index contributed by atoms with van der Waals surface area (Å²) in [4.78, 5) is 26.9. The molecule has 2 aliphatic rings. The minimum absolute atomic E-state index is 0.0616. The number of hydrogen-bond acceptors (Lipinski definition) is 4. The number of carboxylic acid groups (broad SMARTS) is 1. The Morgan fingerprint density at radius 3 is 2.79 bits per heavy atom. The molecular weight excluding hydrogens is 268 g/mol. The van der Waals surface area contributed by atoms with Crippen LogP contribution in [0.1, 0.15) is 19.8 Å². The monoisotopic (exact) mass is 288 g/mol. The number of carbonyl (C=O) groups is 2. The van der Waals surface area contributed by atoms with E-state index in [-0.39, 0.29) is 17.5 Å². The molecule has 3 atom stereocenters. The van der Waals surface area contributed by atoms with Crippen molar-refractivity contribution < 1.29 is 19.4 Å². The number of carboxylic acids is 1. The molecule has 0 spiro atoms. The molecule has 2 amide bonds. The first-order valence-corrected chi connectivity index (χ1v) is 7.54. The molecule has 0 saturated carbocycles. The van der Waals surface area contributed by atoms with Gasteiger partial charge in [-0.25, -0.2) is 9.59 Å². The number of thioether (sulfide) groups is 1. The van der Waals surface area contributed by atoms with Crippen molar-refractivity contribution in [2.45, 2.75) is 37.3 Å². The van der Waals surface area contributed by atoms with Gasteiger partial charge in [0.2, 0.25) is 0 Å². The van der Waals surface area contributed by atoms with Gasteiger partial charge in [0, 0.05) is 26.0 Å². The van der Waals surface area contributed by atoms with E-state index in [4.69, 9.17) is 4.74 Å². The van der Waals surface area contributed by atoms with Crippen molar-refractivity contribution in [1.82, 2.24) is 9.80 Å². The van der Waals surface area contributed by atoms with E-state index in [0.717, 1.165) is 12.8 Å². The van der Waals surface area contributed by atoms with E-state index in [2.05, 4.69) is 0 Å². The lowest BCUT2D eigenvalue weighted by Crippen LogP contribution is -2.54. The Bertz CT molecular complexity index is 366. The summed E-state index contributed by atoms with van der Waals surface area (Å²) in [5.41, 5.74) is 0. The lowest BCUT2D eigenvalue weighted by atomic mass is 10.1. The van der Waals surface area contributed by atoms with Crippen LogP contribution in [0.25, 0.3) is 0 Å². The van der Waals surface area contributed by atoms with Gasteiger partial charge in [0.25, 0.3) is 0 Å². The van der Waals surface area contributed by atoms with Gasteiger partial charge in [-0.15, -0.1) is 11.8 Å². The summed E-state index contributed by atoms with van der Waals surface area (Å²) in [6, 6.07) is -0.887. The second kappa shape index (κ2) is 6.00. The molecule has 3 unspecified atom stereocenters. The van der Waals surface area contributed by atoms with Crippen molar-refractivity contribution in [3.8, 4) is 0 Å². The van der Waals surface area contributed by atoms with Gasteiger partial charge in [-0.1, -0.05) is 0 Å². The number of nitrogens with zero attached hydrogens (tertiary/aromatic N) is 2. The SMILES string of the molecule is COC1CCCN(C(=O)N2C(C)SCC2C(=O)O)C1. The van der Waals surface area contributed by atoms with E-state index in [1.54, 1.807) is 12.0 Å². The van der Waals surface area contributed by atoms with Crippen LogP contribution in [0.2, 0.25) is 0 Å². The minimum Gasteiger partial charge on any atom is -0.480 e. The predicted octanol–water partition coefficient (Wildman–Crippen LogP) is 1.07. The van der Waals surface area contributed by atoms with Gasteiger partial charge in [0.05, 0.1) is 11.5 Å². The van der Waals surface area contributed by atoms with Gasteiger partial charge in [0.1, 0.15) is 6.04 Å². The van der Waals surface area contributed by atoms with Crippen LogP contribution in [0.15, 0.2) is 0 Å². The van der Waals surface area contributed by atoms with Gasteiger partial charge < -0.3 is 14.7 Å². The molecule has 2 fully saturated rings. The third-order valence-electron chi connectivity index (χ3n) is 3.71. The van der Waals surface area contributed by atoms with Crippen LogP contribution in [0.4, 0.5) is 4.79 Å². The Morgan fingerprint density at radius 1 is 1.42 bits per heavy atom. The zero-order valence-electron chi connectivity index (χ0n) is 11.2. The molecule has 0 aliphatic carbocycles. The van der Waals surface area contributed by atoms with Crippen LogP contribution in [0.3, 0.4) is 0 Å². The lowest BCUT2D eigenvalue weighted by Gasteiger charge is -2.36. The first kappa shape index (κ1) is 14.5. The number of methoxy groups -OCH3 is 1. The van der Waals surface area contributed by atoms with Crippen LogP contribution >= 0.6 is 11.8 Å². The van der Waals surface area contributed by atoms with E-state index in [0.29, 0.717) is 18.8 Å². The number of amides is 2. The second-order valence-corrected chi connectivity index (χ2v) is 6.27. The number of hydrogen-bond donors (Lipinski definition) is 1. The van der Waals surface area contributed by atoms with Crippen LogP contribution in [-0.4, -0.2) is 70.4 Å². The normalized spacial score (nSPS) is 31.6. The molecule has 108 valence electrons. The Kier molecular flexibility index (Phi) is 4.57. The number of carbonyl (C=O) groups excluding carboxylic acids is 1. The third kappa shape index (κ3) is 2.97. The fraction of sp³-hybridized carbons (Fsp3) is 0.833. The molecule has 0 bridgehead atoms. The van der Waals surface area contributed by atoms with E-state index in [1.165, 1.54) is 16.7 Å². The average Bonchev–Trinajstić information content (AvgIpc) is 2.80. The van der Waals surface area contributed by atoms with Gasteiger partial charge in [-0.2, -0.15) is 0 Å². The molecule has 6 nitrogen and oxygen atoms in total. The lowest BCUT2D eigenvalue weighted by molar-refractivity contribution is -0.141. The highest BCUT2D eigenvalue weighted by atomic mass is 32.2. The molecule has 2 saturated heterocycles. The van der Waals surface area contributed by atoms with Crippen molar-refractivity contribution in [1.29, 1.82) is 0 Å². The number of likely N-dealkylation sites (tertiary alicyclic amines) is 1. The summed E-state index contributed by atoms with van der Waals surface area (Å²) >= 11 is 1.51. The smallest absolute Gasteiger partial charge is 0.327 e. The first-order valence-electron chi connectivity index (χ1n) is 6.49. The molecule has 0 aromatic rings. The Labute approximate surface area is 117 Å². The standard InChI is InChI=1S/C12H20N2O4S/c1-8-14(10(7-19-8)11(15)16)12(17)13-5-3-4-9(6-13)18-2/h8-10H,3-7H2,1-2H3,(H,15,16). The maximum absolute atomic E-state index is 12.5. The highest BCUT2D eigenvalue weighted by Gasteiger charge is 2.42. The summed E-state index contributed by atoms with van der Waals surface area (Å²) in [6.07, 6.45) is 1.91. The Morgan fingerprint density at radius 2 is 2.16 bits per heavy atom. The Hall–Kier alpha value is -0.950. The quantitative estimate of drug-likeness (QED) is 0.823. The second-order valence-electron chi connectivity index (χ2n) is 4.92. The highest BCUT2D eigenvalue weighted by molar-refractivity contribution is 8.00. The van der Waals surface area contributed by atoms with Gasteiger partial charge in [-0.05, 0) is 19.8 Å². The van der Waals surface area contributed by atoms with Crippen molar-refractivity contribution in [3.63, 3.8) is 0 Å². The highest BCUT2D eigenvalue weighted by Crippen LogP contribution is 2.30. The summed E-state index contributed by atoms with van der Waals surface area (Å²) in [5.74, 6) is -0.463. The predicted molar refractivity (Wildman–Crippen MR) is 72.2 cm³/mol. The topological polar surface area (TPSA) is 70.1 Å². The summed E-state index contributed by atoms with van der Waals surface area (Å²) in [5, 5.41) is 9.11. The summed E-state index contributed by atoms with van der Waals surface area (Å²) < 4.78 is 5.30. The van der Waals surface area contributed by atoms with Crippen LogP contribution in [0, 0.1) is 0 Å². The van der Waals surface area contributed by atoms with E-state index < -0.39 is 12.0 Å². The van der Waals surface area contributed by atoms with Crippen molar-refractivity contribution in [2.24, 2.45) is 0 Å². The first-order chi connectivity index (χ1) is 9.04. The number of aliphatic carboxylic acids is 1. The minimum atomic E-state index is -0.925. The largest absolute Gasteiger partial charge is 0.480 e. The van der Waals surface area contributed by atoms with Crippen molar-refractivity contribution >= 4 is 23.8 Å². The molecule has 1 N–H and O–H groups in total. The summed E-state index contributed by atoms with van der Waals surface area (Å²) in [7, 11) is 1.65. The Balaban J connectivity index is 2.07. The number of rotatable bonds is 2. The molecule has 2 rings (SSSR count). The molecule has 7 heteroatoms. The maximum Gasteiger partial charge on any atom is 0.327 e. The molecule has 2 heterocycles. The molecule has 19 heavy (non-hydrogen) atoms. The molecular formula is C12H20N2O4S. The number of ether oxygens (including phenoxy) is 1. The van der Waals surface area contributed by atoms with Gasteiger partial charge in [0.15, 0.2) is 0 Å². The van der Waals surface area contributed by atoms with E-state index in [9.17, 15) is 14.7 Å².